The van der Waals surface area contributed by atoms with Crippen LogP contribution in [0.15, 0.2) is 65.7 Å². The summed E-state index contributed by atoms with van der Waals surface area (Å²) in [7, 11) is 3.88. The first-order valence-corrected chi connectivity index (χ1v) is 14.0. The van der Waals surface area contributed by atoms with Crippen LogP contribution >= 0.6 is 0 Å². The first kappa shape index (κ1) is 27.4. The fraction of sp³-hybridized carbons (Fsp3) is 0.312. The van der Waals surface area contributed by atoms with Gasteiger partial charge in [-0.3, -0.25) is 19.5 Å². The summed E-state index contributed by atoms with van der Waals surface area (Å²) in [4.78, 5) is 37.4. The summed E-state index contributed by atoms with van der Waals surface area (Å²) in [6.07, 6.45) is 0. The Bertz CT molecular complexity index is 1590. The van der Waals surface area contributed by atoms with Gasteiger partial charge < -0.3 is 24.6 Å². The van der Waals surface area contributed by atoms with Crippen LogP contribution in [-0.2, 0) is 9.59 Å². The van der Waals surface area contributed by atoms with Gasteiger partial charge >= 0.3 is 0 Å². The summed E-state index contributed by atoms with van der Waals surface area (Å²) in [6.45, 7) is 4.96. The summed E-state index contributed by atoms with van der Waals surface area (Å²) in [5.74, 6) is 0.361. The molecule has 1 saturated heterocycles. The predicted molar refractivity (Wildman–Crippen MR) is 160 cm³/mol. The highest BCUT2D eigenvalue weighted by Gasteiger charge is 2.36. The van der Waals surface area contributed by atoms with Crippen molar-refractivity contribution in [3.8, 4) is 17.6 Å². The molecule has 0 spiro atoms. The molecule has 3 aromatic rings. The van der Waals surface area contributed by atoms with Crippen LogP contribution in [-0.4, -0.2) is 87.4 Å². The van der Waals surface area contributed by atoms with Crippen LogP contribution < -0.4 is 19.7 Å². The third kappa shape index (κ3) is 5.57. The van der Waals surface area contributed by atoms with Crippen molar-refractivity contribution in [2.45, 2.75) is 5.92 Å². The lowest BCUT2D eigenvalue weighted by atomic mass is 9.90. The van der Waals surface area contributed by atoms with Crippen LogP contribution in [0.25, 0.3) is 0 Å². The number of hydrogen-bond acceptors (Lipinski definition) is 8. The lowest BCUT2D eigenvalue weighted by Gasteiger charge is -2.32. The Labute approximate surface area is 244 Å². The number of fused-ring (bicyclic) bond motifs is 2. The molecule has 0 bridgehead atoms. The van der Waals surface area contributed by atoms with Crippen LogP contribution in [0.5, 0.6) is 11.5 Å². The quantitative estimate of drug-likeness (QED) is 0.457. The molecule has 10 heteroatoms. The second kappa shape index (κ2) is 11.6. The Morgan fingerprint density at radius 3 is 2.50 bits per heavy atom. The third-order valence-electron chi connectivity index (χ3n) is 7.94. The SMILES string of the molecule is CN1CCN(CC(=O)N(C)c2ccc(N=C(c3ccc4c(c3)OCCO4)C3C(=O)Nc4cc(C#N)ccc43)cc2)CC1. The predicted octanol–water partition coefficient (Wildman–Crippen LogP) is 3.40. The highest BCUT2D eigenvalue weighted by atomic mass is 16.6. The molecule has 1 atom stereocenters. The molecule has 1 N–H and O–H groups in total. The molecule has 0 radical (unpaired) electrons. The van der Waals surface area contributed by atoms with E-state index in [4.69, 9.17) is 14.5 Å². The molecule has 214 valence electrons. The Morgan fingerprint density at radius 1 is 1.02 bits per heavy atom. The number of nitrogens with zero attached hydrogens (tertiary/aromatic N) is 5. The van der Waals surface area contributed by atoms with Crippen molar-refractivity contribution in [2.24, 2.45) is 4.99 Å². The first-order valence-electron chi connectivity index (χ1n) is 14.0. The van der Waals surface area contributed by atoms with Crippen molar-refractivity contribution in [3.05, 3.63) is 77.4 Å². The number of anilines is 2. The molecular weight excluding hydrogens is 532 g/mol. The van der Waals surface area contributed by atoms with Gasteiger partial charge in [0.25, 0.3) is 0 Å². The van der Waals surface area contributed by atoms with Crippen LogP contribution in [0.4, 0.5) is 17.1 Å². The van der Waals surface area contributed by atoms with Crippen molar-refractivity contribution in [1.82, 2.24) is 9.80 Å². The molecule has 6 rings (SSSR count). The van der Waals surface area contributed by atoms with Crippen molar-refractivity contribution in [1.29, 1.82) is 5.26 Å². The van der Waals surface area contributed by atoms with Gasteiger partial charge in [0.15, 0.2) is 11.5 Å². The van der Waals surface area contributed by atoms with Gasteiger partial charge in [-0.2, -0.15) is 5.26 Å². The average Bonchev–Trinajstić information content (AvgIpc) is 3.35. The first-order chi connectivity index (χ1) is 20.4. The molecule has 1 unspecified atom stereocenters. The van der Waals surface area contributed by atoms with Gasteiger partial charge in [-0.05, 0) is 67.2 Å². The van der Waals surface area contributed by atoms with Crippen LogP contribution in [0.3, 0.4) is 0 Å². The molecule has 0 aliphatic carbocycles. The minimum atomic E-state index is -0.692. The number of nitrogens with one attached hydrogen (secondary N) is 1. The Balaban J connectivity index is 1.30. The number of carbonyl (C=O) groups is 2. The molecular formula is C32H32N6O4. The van der Waals surface area contributed by atoms with E-state index in [1.54, 1.807) is 30.1 Å². The normalized spacial score (nSPS) is 18.6. The van der Waals surface area contributed by atoms with E-state index in [-0.39, 0.29) is 11.8 Å². The van der Waals surface area contributed by atoms with E-state index < -0.39 is 5.92 Å². The lowest BCUT2D eigenvalue weighted by molar-refractivity contribution is -0.120. The molecule has 10 nitrogen and oxygen atoms in total. The number of ether oxygens (including phenoxy) is 2. The van der Waals surface area contributed by atoms with Gasteiger partial charge in [0.2, 0.25) is 11.8 Å². The second-order valence-electron chi connectivity index (χ2n) is 10.7. The van der Waals surface area contributed by atoms with Crippen LogP contribution in [0.1, 0.15) is 22.6 Å². The number of hydrogen-bond donors (Lipinski definition) is 1. The van der Waals surface area contributed by atoms with E-state index in [0.29, 0.717) is 53.9 Å². The van der Waals surface area contributed by atoms with Gasteiger partial charge in [-0.15, -0.1) is 0 Å². The summed E-state index contributed by atoms with van der Waals surface area (Å²) in [5.41, 5.74) is 4.48. The highest BCUT2D eigenvalue weighted by molar-refractivity contribution is 6.24. The fourth-order valence-electron chi connectivity index (χ4n) is 5.44. The maximum atomic E-state index is 13.3. The number of benzene rings is 3. The van der Waals surface area contributed by atoms with E-state index >= 15 is 0 Å². The molecule has 3 aliphatic rings. The summed E-state index contributed by atoms with van der Waals surface area (Å²) in [6, 6.07) is 20.3. The van der Waals surface area contributed by atoms with Gasteiger partial charge in [-0.1, -0.05) is 6.07 Å². The Hall–Kier alpha value is -4.72. The van der Waals surface area contributed by atoms with Gasteiger partial charge in [0.1, 0.15) is 19.1 Å². The molecule has 1 fully saturated rings. The molecule has 0 aromatic heterocycles. The lowest BCUT2D eigenvalue weighted by Crippen LogP contribution is -2.48. The Kier molecular flexibility index (Phi) is 7.61. The number of aliphatic imine (C=N–C) groups is 1. The van der Waals surface area contributed by atoms with E-state index in [1.165, 1.54) is 0 Å². The zero-order valence-corrected chi connectivity index (χ0v) is 23.7. The van der Waals surface area contributed by atoms with Crippen LogP contribution in [0.2, 0.25) is 0 Å². The summed E-state index contributed by atoms with van der Waals surface area (Å²) < 4.78 is 11.5. The van der Waals surface area contributed by atoms with Crippen LogP contribution in [0, 0.1) is 11.3 Å². The molecule has 3 aliphatic heterocycles. The highest BCUT2D eigenvalue weighted by Crippen LogP contribution is 2.39. The monoisotopic (exact) mass is 564 g/mol. The van der Waals surface area contributed by atoms with Crippen molar-refractivity contribution >= 4 is 34.6 Å². The van der Waals surface area contributed by atoms with E-state index in [1.807, 2.05) is 42.5 Å². The standard InChI is InChI=1S/C32H32N6O4/c1-36-11-13-38(14-12-36)20-29(39)37(2)24-7-5-23(6-8-24)34-31(22-4-10-27-28(18-22)42-16-15-41-27)30-25-9-3-21(19-33)17-26(25)35-32(30)40/h3-10,17-18,30H,11-16,20H2,1-2H3,(H,35,40). The van der Waals surface area contributed by atoms with E-state index in [0.717, 1.165) is 43.0 Å². The number of piperazine rings is 1. The topological polar surface area (TPSA) is 110 Å². The molecule has 3 aromatic carbocycles. The average molecular weight is 565 g/mol. The largest absolute Gasteiger partial charge is 0.486 e. The Morgan fingerprint density at radius 2 is 1.76 bits per heavy atom. The number of nitriles is 1. The molecule has 2 amide bonds. The zero-order valence-electron chi connectivity index (χ0n) is 23.7. The van der Waals surface area contributed by atoms with E-state index in [9.17, 15) is 14.9 Å². The molecule has 3 heterocycles. The van der Waals surface area contributed by atoms with Gasteiger partial charge in [0.05, 0.1) is 29.6 Å². The minimum absolute atomic E-state index is 0.0312. The number of carbonyl (C=O) groups excluding carboxylic acids is 2. The van der Waals surface area contributed by atoms with Crippen molar-refractivity contribution in [3.63, 3.8) is 0 Å². The number of rotatable bonds is 6. The zero-order chi connectivity index (χ0) is 29.2. The summed E-state index contributed by atoms with van der Waals surface area (Å²) in [5, 5.41) is 12.3. The summed E-state index contributed by atoms with van der Waals surface area (Å²) >= 11 is 0. The van der Waals surface area contributed by atoms with Gasteiger partial charge in [-0.25, -0.2) is 0 Å². The smallest absolute Gasteiger partial charge is 0.240 e. The van der Waals surface area contributed by atoms with Gasteiger partial charge in [0, 0.05) is 50.2 Å². The van der Waals surface area contributed by atoms with Crippen molar-refractivity contribution < 1.29 is 19.1 Å². The number of likely N-dealkylation sites (N-methyl/N-ethyl adjacent to an activating group) is 2. The molecule has 0 saturated carbocycles. The maximum absolute atomic E-state index is 13.3. The minimum Gasteiger partial charge on any atom is -0.486 e. The second-order valence-corrected chi connectivity index (χ2v) is 10.7. The van der Waals surface area contributed by atoms with Crippen molar-refractivity contribution in [2.75, 3.05) is 70.2 Å². The molecule has 42 heavy (non-hydrogen) atoms. The maximum Gasteiger partial charge on any atom is 0.240 e. The van der Waals surface area contributed by atoms with E-state index in [2.05, 4.69) is 28.2 Å². The fourth-order valence-corrected chi connectivity index (χ4v) is 5.44. The third-order valence-corrected chi connectivity index (χ3v) is 7.94. The number of amides is 2.